The van der Waals surface area contributed by atoms with Gasteiger partial charge in [-0.2, -0.15) is 11.8 Å². The highest BCUT2D eigenvalue weighted by Crippen LogP contribution is 2.47. The second kappa shape index (κ2) is 13.7. The first-order chi connectivity index (χ1) is 18.4. The van der Waals surface area contributed by atoms with Crippen molar-refractivity contribution in [3.05, 3.63) is 42.6 Å². The smallest absolute Gasteiger partial charge is 0.323 e. The maximum absolute atomic E-state index is 12.9. The van der Waals surface area contributed by atoms with Crippen molar-refractivity contribution >= 4 is 42.1 Å². The number of esters is 1. The number of nitrogens with one attached hydrogen (secondary N) is 2. The van der Waals surface area contributed by atoms with E-state index < -0.39 is 54.9 Å². The first-order valence-electron chi connectivity index (χ1n) is 12.3. The fourth-order valence-corrected chi connectivity index (χ4v) is 6.78. The van der Waals surface area contributed by atoms with E-state index in [0.29, 0.717) is 17.9 Å². The number of benzene rings is 1. The van der Waals surface area contributed by atoms with Crippen molar-refractivity contribution in [3.63, 3.8) is 0 Å². The van der Waals surface area contributed by atoms with Gasteiger partial charge in [0, 0.05) is 12.3 Å². The van der Waals surface area contributed by atoms with Crippen molar-refractivity contribution in [1.29, 1.82) is 0 Å². The number of carbonyl (C=O) groups excluding carboxylic acids is 2. The molecule has 39 heavy (non-hydrogen) atoms. The maximum atomic E-state index is 12.9. The Labute approximate surface area is 237 Å². The summed E-state index contributed by atoms with van der Waals surface area (Å²) in [5, 5.41) is 37.5. The number of nitrogens with zero attached hydrogens (tertiary/aromatic N) is 1. The monoisotopic (exact) mass is 605 g/mol. The van der Waals surface area contributed by atoms with Gasteiger partial charge in [-0.25, -0.2) is 5.09 Å². The zero-order valence-corrected chi connectivity index (χ0v) is 24.7. The van der Waals surface area contributed by atoms with Crippen LogP contribution in [0.4, 0.5) is 0 Å². The topological polar surface area (TPSA) is 159 Å². The van der Waals surface area contributed by atoms with E-state index in [0.717, 1.165) is 6.08 Å². The minimum absolute atomic E-state index is 0.320. The molecule has 7 atom stereocenters. The summed E-state index contributed by atoms with van der Waals surface area (Å²) >= 11 is 7.35. The molecule has 0 radical (unpaired) electrons. The van der Waals surface area contributed by atoms with Crippen molar-refractivity contribution in [2.75, 3.05) is 18.6 Å². The standard InChI is InChI=1S/C24H36N3O9PS2/c1-15(2)34-21(30)17(11-13-39-4)26-37(38,36-16-8-6-5-7-9-16)33-14-18-20(29)24(3,32)22(35-18)27-12-10-19(28)25-23(27)31/h5-10,12,15,17-18,20,22-23,29,31-32H,11,13-14H2,1-4H3,(H,25,28)(H,26,38)/t17?,18-,20-,22-,23?,24-,37?/m1/s1. The van der Waals surface area contributed by atoms with Crippen LogP contribution in [0.3, 0.4) is 0 Å². The Morgan fingerprint density at radius 1 is 1.33 bits per heavy atom. The van der Waals surface area contributed by atoms with Gasteiger partial charge in [-0.05, 0) is 63.1 Å². The average molecular weight is 606 g/mol. The van der Waals surface area contributed by atoms with Crippen LogP contribution in [-0.4, -0.2) is 93.2 Å². The Kier molecular flexibility index (Phi) is 11.2. The molecule has 2 heterocycles. The van der Waals surface area contributed by atoms with Crippen LogP contribution in [0.15, 0.2) is 42.6 Å². The van der Waals surface area contributed by atoms with Gasteiger partial charge in [-0.15, -0.1) is 0 Å². The molecule has 5 N–H and O–H groups in total. The molecular weight excluding hydrogens is 569 g/mol. The van der Waals surface area contributed by atoms with Crippen LogP contribution in [0.25, 0.3) is 0 Å². The second-order valence-electron chi connectivity index (χ2n) is 9.49. The summed E-state index contributed by atoms with van der Waals surface area (Å²) in [6, 6.07) is 7.88. The third kappa shape index (κ3) is 8.38. The molecule has 1 saturated heterocycles. The fourth-order valence-electron chi connectivity index (χ4n) is 3.95. The summed E-state index contributed by atoms with van der Waals surface area (Å²) in [6.45, 7) is 1.06. The number of rotatable bonds is 13. The summed E-state index contributed by atoms with van der Waals surface area (Å²) in [5.41, 5.74) is -1.86. The number of ether oxygens (including phenoxy) is 2. The molecule has 2 aliphatic heterocycles. The summed E-state index contributed by atoms with van der Waals surface area (Å²) in [5.74, 6) is 0.0301. The molecule has 1 aromatic carbocycles. The summed E-state index contributed by atoms with van der Waals surface area (Å²) in [7, 11) is 0. The number of hydrogen-bond acceptors (Lipinski definition) is 12. The van der Waals surface area contributed by atoms with Crippen LogP contribution in [-0.2, 0) is 35.4 Å². The third-order valence-electron chi connectivity index (χ3n) is 5.92. The lowest BCUT2D eigenvalue weighted by Crippen LogP contribution is -2.59. The van der Waals surface area contributed by atoms with Crippen LogP contribution in [0.5, 0.6) is 5.75 Å². The molecule has 0 bridgehead atoms. The number of thioether (sulfide) groups is 1. The number of amides is 1. The van der Waals surface area contributed by atoms with Gasteiger partial charge in [0.1, 0.15) is 29.6 Å². The van der Waals surface area contributed by atoms with Crippen LogP contribution in [0, 0.1) is 0 Å². The molecule has 0 aromatic heterocycles. The van der Waals surface area contributed by atoms with Gasteiger partial charge in [-0.3, -0.25) is 9.59 Å². The summed E-state index contributed by atoms with van der Waals surface area (Å²) in [4.78, 5) is 25.6. The first kappa shape index (κ1) is 31.8. The van der Waals surface area contributed by atoms with Crippen molar-refractivity contribution in [2.24, 2.45) is 0 Å². The van der Waals surface area contributed by atoms with Crippen LogP contribution < -0.4 is 14.9 Å². The van der Waals surface area contributed by atoms with Crippen molar-refractivity contribution < 1.29 is 43.4 Å². The molecule has 3 unspecified atom stereocenters. The number of carbonyl (C=O) groups is 2. The predicted octanol–water partition coefficient (Wildman–Crippen LogP) is 1.03. The lowest BCUT2D eigenvalue weighted by molar-refractivity contribution is -0.173. The number of aliphatic hydroxyl groups is 3. The van der Waals surface area contributed by atoms with Gasteiger partial charge in [0.05, 0.1) is 12.7 Å². The van der Waals surface area contributed by atoms with E-state index in [1.807, 2.05) is 12.3 Å². The molecule has 1 fully saturated rings. The molecule has 3 rings (SSSR count). The second-order valence-corrected chi connectivity index (χ2v) is 13.6. The Bertz CT molecular complexity index is 1060. The molecule has 0 aliphatic carbocycles. The maximum Gasteiger partial charge on any atom is 0.323 e. The Morgan fingerprint density at radius 3 is 2.64 bits per heavy atom. The lowest BCUT2D eigenvalue weighted by Gasteiger charge is -2.39. The van der Waals surface area contributed by atoms with E-state index in [-0.39, 0.29) is 12.7 Å². The molecule has 0 spiro atoms. The lowest BCUT2D eigenvalue weighted by atomic mass is 9.96. The molecule has 0 saturated carbocycles. The minimum atomic E-state index is -3.46. The fraction of sp³-hybridized carbons (Fsp3) is 0.583. The first-order valence-corrected chi connectivity index (χ1v) is 16.4. The quantitative estimate of drug-likeness (QED) is 0.160. The van der Waals surface area contributed by atoms with Crippen LogP contribution in [0.2, 0.25) is 0 Å². The molecule has 1 aromatic rings. The highest BCUT2D eigenvalue weighted by molar-refractivity contribution is 8.09. The Hall–Kier alpha value is -1.74. The molecule has 12 nitrogen and oxygen atoms in total. The molecule has 1 amide bonds. The van der Waals surface area contributed by atoms with Gasteiger partial charge in [0.25, 0.3) is 0 Å². The van der Waals surface area contributed by atoms with Gasteiger partial charge in [0.2, 0.25) is 12.3 Å². The number of hydrogen-bond donors (Lipinski definition) is 5. The highest BCUT2D eigenvalue weighted by Gasteiger charge is 2.55. The molecule has 218 valence electrons. The normalized spacial score (nSPS) is 29.1. The summed E-state index contributed by atoms with van der Waals surface area (Å²) < 4.78 is 23.4. The zero-order chi connectivity index (χ0) is 28.8. The number of para-hydroxylation sites is 1. The summed E-state index contributed by atoms with van der Waals surface area (Å²) in [6.07, 6.45) is -0.874. The number of aliphatic hydroxyl groups excluding tert-OH is 2. The van der Waals surface area contributed by atoms with Crippen LogP contribution >= 0.6 is 18.4 Å². The third-order valence-corrected chi connectivity index (χ3v) is 8.98. The van der Waals surface area contributed by atoms with Gasteiger partial charge in [-0.1, -0.05) is 18.2 Å². The van der Waals surface area contributed by atoms with Crippen molar-refractivity contribution in [2.45, 2.75) is 69.7 Å². The predicted molar refractivity (Wildman–Crippen MR) is 149 cm³/mol. The van der Waals surface area contributed by atoms with Gasteiger partial charge < -0.3 is 44.1 Å². The van der Waals surface area contributed by atoms with E-state index in [1.165, 1.54) is 18.0 Å². The molecule has 2 aliphatic rings. The Balaban J connectivity index is 1.80. The van der Waals surface area contributed by atoms with Crippen LogP contribution in [0.1, 0.15) is 27.2 Å². The van der Waals surface area contributed by atoms with E-state index in [2.05, 4.69) is 10.4 Å². The van der Waals surface area contributed by atoms with E-state index in [4.69, 9.17) is 30.3 Å². The molecule has 15 heteroatoms. The van der Waals surface area contributed by atoms with E-state index in [9.17, 15) is 24.9 Å². The van der Waals surface area contributed by atoms with E-state index >= 15 is 0 Å². The minimum Gasteiger partial charge on any atom is -0.462 e. The molecular formula is C24H36N3O9PS2. The van der Waals surface area contributed by atoms with Gasteiger partial charge in [0.15, 0.2) is 6.23 Å². The average Bonchev–Trinajstić information content (AvgIpc) is 3.09. The Morgan fingerprint density at radius 2 is 2.03 bits per heavy atom. The van der Waals surface area contributed by atoms with Gasteiger partial charge >= 0.3 is 12.6 Å². The SMILES string of the molecule is CSCCC(NP(=S)(OC[C@H]1O[C@@H](N2C=CC(=O)NC2O)[C@](C)(O)[C@@H]1O)Oc1ccccc1)C(=O)OC(C)C. The largest absolute Gasteiger partial charge is 0.462 e. The highest BCUT2D eigenvalue weighted by atomic mass is 32.5. The zero-order valence-electron chi connectivity index (χ0n) is 22.1. The van der Waals surface area contributed by atoms with E-state index in [1.54, 1.807) is 49.9 Å². The van der Waals surface area contributed by atoms with Crippen molar-refractivity contribution in [1.82, 2.24) is 15.3 Å². The van der Waals surface area contributed by atoms with Crippen molar-refractivity contribution in [3.8, 4) is 5.75 Å².